The number of carbonyl (C=O) groups excluding carboxylic acids is 1. The van der Waals surface area contributed by atoms with Crippen molar-refractivity contribution in [2.24, 2.45) is 0 Å². The molecule has 1 atom stereocenters. The maximum absolute atomic E-state index is 12.1. The van der Waals surface area contributed by atoms with Crippen molar-refractivity contribution in [3.05, 3.63) is 48.6 Å². The summed E-state index contributed by atoms with van der Waals surface area (Å²) in [4.78, 5) is 26.6. The number of hydrogen-bond donors (Lipinski definition) is 1. The van der Waals surface area contributed by atoms with Gasteiger partial charge in [-0.3, -0.25) is 9.69 Å². The highest BCUT2D eigenvalue weighted by Crippen LogP contribution is 2.12. The van der Waals surface area contributed by atoms with Crippen LogP contribution in [-0.2, 0) is 16.1 Å². The quantitative estimate of drug-likeness (QED) is 0.836. The molecule has 1 saturated heterocycles. The molecule has 1 aliphatic rings. The number of benzene rings is 1. The van der Waals surface area contributed by atoms with E-state index in [4.69, 9.17) is 4.74 Å². The summed E-state index contributed by atoms with van der Waals surface area (Å²) in [7, 11) is 0. The molecular weight excluding hydrogens is 284 g/mol. The fourth-order valence-corrected chi connectivity index (χ4v) is 2.42. The minimum atomic E-state index is -0.942. The lowest BCUT2D eigenvalue weighted by Gasteiger charge is -2.38. The molecule has 6 heteroatoms. The number of piperazine rings is 1. The second-order valence-corrected chi connectivity index (χ2v) is 5.12. The second-order valence-electron chi connectivity index (χ2n) is 5.12. The number of rotatable bonds is 5. The van der Waals surface area contributed by atoms with Gasteiger partial charge in [0.1, 0.15) is 12.6 Å². The maximum Gasteiger partial charge on any atom is 0.410 e. The van der Waals surface area contributed by atoms with Crippen molar-refractivity contribution in [1.82, 2.24) is 9.80 Å². The van der Waals surface area contributed by atoms with Crippen molar-refractivity contribution in [3.8, 4) is 0 Å². The van der Waals surface area contributed by atoms with Gasteiger partial charge in [0, 0.05) is 19.6 Å². The van der Waals surface area contributed by atoms with E-state index < -0.39 is 18.1 Å². The fraction of sp³-hybridized carbons (Fsp3) is 0.375. The maximum atomic E-state index is 12.1. The smallest absolute Gasteiger partial charge is 0.410 e. The van der Waals surface area contributed by atoms with Crippen molar-refractivity contribution in [2.75, 3.05) is 26.2 Å². The van der Waals surface area contributed by atoms with Crippen LogP contribution >= 0.6 is 0 Å². The van der Waals surface area contributed by atoms with Crippen LogP contribution in [0.25, 0.3) is 0 Å². The number of carboxylic acid groups (broad SMARTS) is 1. The van der Waals surface area contributed by atoms with Gasteiger partial charge in [-0.15, -0.1) is 6.58 Å². The molecule has 1 N–H and O–H groups in total. The topological polar surface area (TPSA) is 70.1 Å². The predicted molar refractivity (Wildman–Crippen MR) is 81.4 cm³/mol. The van der Waals surface area contributed by atoms with Crippen molar-refractivity contribution in [3.63, 3.8) is 0 Å². The molecule has 22 heavy (non-hydrogen) atoms. The van der Waals surface area contributed by atoms with Gasteiger partial charge in [0.15, 0.2) is 0 Å². The van der Waals surface area contributed by atoms with Crippen molar-refractivity contribution in [1.29, 1.82) is 0 Å². The molecule has 0 aromatic heterocycles. The van der Waals surface area contributed by atoms with Gasteiger partial charge >= 0.3 is 12.1 Å². The molecule has 0 saturated carbocycles. The summed E-state index contributed by atoms with van der Waals surface area (Å²) in [6.45, 7) is 5.36. The molecule has 1 amide bonds. The number of aliphatic carboxylic acids is 1. The van der Waals surface area contributed by atoms with Crippen molar-refractivity contribution < 1.29 is 19.4 Å². The van der Waals surface area contributed by atoms with E-state index in [9.17, 15) is 14.7 Å². The molecule has 1 fully saturated rings. The lowest BCUT2D eigenvalue weighted by Crippen LogP contribution is -2.57. The Morgan fingerprint density at radius 3 is 2.68 bits per heavy atom. The lowest BCUT2D eigenvalue weighted by atomic mass is 10.1. The molecule has 1 aromatic carbocycles. The fourth-order valence-electron chi connectivity index (χ4n) is 2.42. The van der Waals surface area contributed by atoms with Gasteiger partial charge in [0.05, 0.1) is 6.54 Å². The van der Waals surface area contributed by atoms with E-state index in [1.807, 2.05) is 30.3 Å². The Morgan fingerprint density at radius 2 is 2.05 bits per heavy atom. The van der Waals surface area contributed by atoms with Gasteiger partial charge in [-0.2, -0.15) is 0 Å². The third kappa shape index (κ3) is 4.08. The molecule has 2 rings (SSSR count). The SMILES string of the molecule is C=CCN1CCN(C(=O)OCc2ccccc2)C[C@H]1C(=O)O. The molecule has 1 aliphatic heterocycles. The first kappa shape index (κ1) is 16.0. The van der Waals surface area contributed by atoms with Gasteiger partial charge in [0.25, 0.3) is 0 Å². The zero-order valence-corrected chi connectivity index (χ0v) is 12.4. The summed E-state index contributed by atoms with van der Waals surface area (Å²) in [5, 5.41) is 9.29. The summed E-state index contributed by atoms with van der Waals surface area (Å²) >= 11 is 0. The van der Waals surface area contributed by atoms with Crippen LogP contribution in [0.15, 0.2) is 43.0 Å². The third-order valence-corrected chi connectivity index (χ3v) is 3.60. The minimum Gasteiger partial charge on any atom is -0.480 e. The number of hydrogen-bond acceptors (Lipinski definition) is 4. The first-order valence-corrected chi connectivity index (χ1v) is 7.15. The van der Waals surface area contributed by atoms with Crippen molar-refractivity contribution >= 4 is 12.1 Å². The van der Waals surface area contributed by atoms with E-state index >= 15 is 0 Å². The van der Waals surface area contributed by atoms with Crippen LogP contribution in [0.1, 0.15) is 5.56 Å². The molecule has 1 aromatic rings. The van der Waals surface area contributed by atoms with Crippen LogP contribution < -0.4 is 0 Å². The van der Waals surface area contributed by atoms with Crippen LogP contribution in [0, 0.1) is 0 Å². The van der Waals surface area contributed by atoms with Crippen LogP contribution in [0.4, 0.5) is 4.79 Å². The van der Waals surface area contributed by atoms with Gasteiger partial charge in [-0.05, 0) is 5.56 Å². The zero-order valence-electron chi connectivity index (χ0n) is 12.4. The summed E-state index contributed by atoms with van der Waals surface area (Å²) in [6, 6.07) is 8.65. The van der Waals surface area contributed by atoms with Gasteiger partial charge in [-0.1, -0.05) is 36.4 Å². The molecule has 0 unspecified atom stereocenters. The molecule has 6 nitrogen and oxygen atoms in total. The van der Waals surface area contributed by atoms with Crippen LogP contribution in [0.2, 0.25) is 0 Å². The molecule has 0 bridgehead atoms. The highest BCUT2D eigenvalue weighted by molar-refractivity contribution is 5.76. The largest absolute Gasteiger partial charge is 0.480 e. The molecule has 1 heterocycles. The Labute approximate surface area is 129 Å². The monoisotopic (exact) mass is 304 g/mol. The van der Waals surface area contributed by atoms with E-state index in [0.717, 1.165) is 5.56 Å². The second kappa shape index (κ2) is 7.61. The Balaban J connectivity index is 1.90. The van der Waals surface area contributed by atoms with E-state index in [0.29, 0.717) is 19.6 Å². The first-order valence-electron chi connectivity index (χ1n) is 7.15. The third-order valence-electron chi connectivity index (χ3n) is 3.60. The number of ether oxygens (including phenoxy) is 1. The molecule has 0 aliphatic carbocycles. The molecule has 0 spiro atoms. The summed E-state index contributed by atoms with van der Waals surface area (Å²) < 4.78 is 5.25. The molecule has 118 valence electrons. The van der Waals surface area contributed by atoms with E-state index in [1.165, 1.54) is 4.90 Å². The van der Waals surface area contributed by atoms with E-state index in [-0.39, 0.29) is 13.2 Å². The standard InChI is InChI=1S/C16H20N2O4/c1-2-8-17-9-10-18(11-14(17)15(19)20)16(21)22-12-13-6-4-3-5-7-13/h2-7,14H,1,8-12H2,(H,19,20)/t14-/m0/s1. The Kier molecular flexibility index (Phi) is 5.55. The summed E-state index contributed by atoms with van der Waals surface area (Å²) in [5.74, 6) is -0.942. The average molecular weight is 304 g/mol. The predicted octanol–water partition coefficient (Wildman–Crippen LogP) is 1.58. The Bertz CT molecular complexity index is 532. The number of carboxylic acids is 1. The van der Waals surface area contributed by atoms with Gasteiger partial charge in [-0.25, -0.2) is 4.79 Å². The summed E-state index contributed by atoms with van der Waals surface area (Å²) in [5.41, 5.74) is 0.899. The highest BCUT2D eigenvalue weighted by Gasteiger charge is 2.34. The molecular formula is C16H20N2O4. The van der Waals surface area contributed by atoms with E-state index in [1.54, 1.807) is 11.0 Å². The lowest BCUT2D eigenvalue weighted by molar-refractivity contribution is -0.145. The Morgan fingerprint density at radius 1 is 1.32 bits per heavy atom. The van der Waals surface area contributed by atoms with Gasteiger partial charge < -0.3 is 14.7 Å². The van der Waals surface area contributed by atoms with Crippen LogP contribution in [0.3, 0.4) is 0 Å². The number of amides is 1. The number of carbonyl (C=O) groups is 2. The van der Waals surface area contributed by atoms with E-state index in [2.05, 4.69) is 6.58 Å². The zero-order chi connectivity index (χ0) is 15.9. The minimum absolute atomic E-state index is 0.122. The van der Waals surface area contributed by atoms with Crippen LogP contribution in [-0.4, -0.2) is 59.2 Å². The highest BCUT2D eigenvalue weighted by atomic mass is 16.6. The Hall–Kier alpha value is -2.34. The first-order chi connectivity index (χ1) is 10.6. The van der Waals surface area contributed by atoms with Gasteiger partial charge in [0.2, 0.25) is 0 Å². The number of nitrogens with zero attached hydrogens (tertiary/aromatic N) is 2. The summed E-state index contributed by atoms with van der Waals surface area (Å²) in [6.07, 6.45) is 1.19. The average Bonchev–Trinajstić information content (AvgIpc) is 2.54. The molecule has 0 radical (unpaired) electrons. The van der Waals surface area contributed by atoms with Crippen LogP contribution in [0.5, 0.6) is 0 Å². The van der Waals surface area contributed by atoms with Crippen molar-refractivity contribution in [2.45, 2.75) is 12.6 Å². The normalized spacial score (nSPS) is 18.7.